The van der Waals surface area contributed by atoms with E-state index in [4.69, 9.17) is 4.74 Å². The number of hydrogen-bond donors (Lipinski definition) is 1. The second-order valence-electron chi connectivity index (χ2n) is 6.81. The highest BCUT2D eigenvalue weighted by molar-refractivity contribution is 4.88. The fourth-order valence-corrected chi connectivity index (χ4v) is 3.74. The van der Waals surface area contributed by atoms with E-state index in [2.05, 4.69) is 29.0 Å². The van der Waals surface area contributed by atoms with Crippen LogP contribution in [-0.4, -0.2) is 73.9 Å². The molecule has 19 heavy (non-hydrogen) atoms. The molecule has 0 radical (unpaired) electrons. The summed E-state index contributed by atoms with van der Waals surface area (Å²) < 4.78 is 6.09. The third-order valence-corrected chi connectivity index (χ3v) is 5.02. The van der Waals surface area contributed by atoms with Crippen molar-refractivity contribution in [2.45, 2.75) is 44.9 Å². The fraction of sp³-hybridized carbons (Fsp3) is 1.00. The zero-order chi connectivity index (χ0) is 13.2. The highest BCUT2D eigenvalue weighted by atomic mass is 16.5. The molecule has 3 saturated heterocycles. The van der Waals surface area contributed by atoms with Gasteiger partial charge in [-0.2, -0.15) is 0 Å². The number of hydrogen-bond acceptors (Lipinski definition) is 4. The molecule has 1 N–H and O–H groups in total. The van der Waals surface area contributed by atoms with Gasteiger partial charge < -0.3 is 10.1 Å². The number of morpholine rings is 1. The van der Waals surface area contributed by atoms with Crippen molar-refractivity contribution in [3.05, 3.63) is 0 Å². The summed E-state index contributed by atoms with van der Waals surface area (Å²) in [5.41, 5.74) is 0. The van der Waals surface area contributed by atoms with Gasteiger partial charge >= 0.3 is 0 Å². The summed E-state index contributed by atoms with van der Waals surface area (Å²) in [5.74, 6) is 0.720. The average molecular weight is 267 g/mol. The Morgan fingerprint density at radius 1 is 1.26 bits per heavy atom. The van der Waals surface area contributed by atoms with E-state index in [9.17, 15) is 0 Å². The van der Waals surface area contributed by atoms with E-state index in [0.29, 0.717) is 12.1 Å². The molecule has 3 aliphatic rings. The van der Waals surface area contributed by atoms with Crippen LogP contribution in [0.4, 0.5) is 0 Å². The summed E-state index contributed by atoms with van der Waals surface area (Å²) in [6.45, 7) is 12.6. The van der Waals surface area contributed by atoms with Crippen LogP contribution in [0.1, 0.15) is 26.7 Å². The third-order valence-electron chi connectivity index (χ3n) is 5.02. The van der Waals surface area contributed by atoms with Gasteiger partial charge in [0.15, 0.2) is 0 Å². The Kier molecular flexibility index (Phi) is 4.42. The smallest absolute Gasteiger partial charge is 0.0829 e. The Labute approximate surface area is 117 Å². The molecule has 0 aromatic heterocycles. The average Bonchev–Trinajstić information content (AvgIpc) is 2.86. The van der Waals surface area contributed by atoms with Crippen LogP contribution >= 0.6 is 0 Å². The number of nitrogens with one attached hydrogen (secondary N) is 1. The molecule has 3 fully saturated rings. The molecular weight excluding hydrogens is 238 g/mol. The highest BCUT2D eigenvalue weighted by Crippen LogP contribution is 2.23. The maximum Gasteiger partial charge on any atom is 0.0829 e. The number of ether oxygens (including phenoxy) is 1. The summed E-state index contributed by atoms with van der Waals surface area (Å²) in [5, 5.41) is 3.63. The zero-order valence-corrected chi connectivity index (χ0v) is 12.5. The van der Waals surface area contributed by atoms with Crippen LogP contribution in [0, 0.1) is 5.92 Å². The van der Waals surface area contributed by atoms with Crippen LogP contribution in [0.2, 0.25) is 0 Å². The van der Waals surface area contributed by atoms with E-state index in [1.54, 1.807) is 0 Å². The number of nitrogens with zero attached hydrogens (tertiary/aromatic N) is 2. The molecule has 3 heterocycles. The zero-order valence-electron chi connectivity index (χ0n) is 12.5. The molecule has 0 spiro atoms. The van der Waals surface area contributed by atoms with Crippen molar-refractivity contribution in [1.82, 2.24) is 15.1 Å². The van der Waals surface area contributed by atoms with Gasteiger partial charge in [-0.15, -0.1) is 0 Å². The van der Waals surface area contributed by atoms with Crippen molar-refractivity contribution in [2.24, 2.45) is 5.92 Å². The van der Waals surface area contributed by atoms with Gasteiger partial charge in [0, 0.05) is 44.8 Å². The van der Waals surface area contributed by atoms with Gasteiger partial charge in [-0.1, -0.05) is 13.8 Å². The Hall–Kier alpha value is -0.160. The van der Waals surface area contributed by atoms with Gasteiger partial charge in [0.2, 0.25) is 0 Å². The predicted molar refractivity (Wildman–Crippen MR) is 77.4 cm³/mol. The summed E-state index contributed by atoms with van der Waals surface area (Å²) >= 11 is 0. The van der Waals surface area contributed by atoms with Crippen LogP contribution in [0.3, 0.4) is 0 Å². The maximum absolute atomic E-state index is 6.09. The molecule has 0 aromatic carbocycles. The second kappa shape index (κ2) is 6.08. The summed E-state index contributed by atoms with van der Waals surface area (Å²) in [7, 11) is 0. The maximum atomic E-state index is 6.09. The van der Waals surface area contributed by atoms with Gasteiger partial charge in [-0.25, -0.2) is 0 Å². The van der Waals surface area contributed by atoms with E-state index >= 15 is 0 Å². The predicted octanol–water partition coefficient (Wildman–Crippen LogP) is 0.779. The first-order chi connectivity index (χ1) is 9.22. The van der Waals surface area contributed by atoms with Crippen molar-refractivity contribution >= 4 is 0 Å². The number of fused-ring (bicyclic) bond motifs is 1. The summed E-state index contributed by atoms with van der Waals surface area (Å²) in [6, 6.07) is 1.37. The fourth-order valence-electron chi connectivity index (χ4n) is 3.74. The Balaban J connectivity index is 1.48. The molecule has 3 aliphatic heterocycles. The lowest BCUT2D eigenvalue weighted by Crippen LogP contribution is -2.56. The van der Waals surface area contributed by atoms with Gasteiger partial charge in [0.25, 0.3) is 0 Å². The monoisotopic (exact) mass is 267 g/mol. The van der Waals surface area contributed by atoms with Crippen LogP contribution in [0.5, 0.6) is 0 Å². The van der Waals surface area contributed by atoms with Crippen LogP contribution < -0.4 is 5.32 Å². The van der Waals surface area contributed by atoms with Gasteiger partial charge in [-0.3, -0.25) is 9.80 Å². The quantitative estimate of drug-likeness (QED) is 0.818. The van der Waals surface area contributed by atoms with E-state index in [-0.39, 0.29) is 0 Å². The first-order valence-corrected chi connectivity index (χ1v) is 8.04. The summed E-state index contributed by atoms with van der Waals surface area (Å²) in [4.78, 5) is 5.25. The largest absolute Gasteiger partial charge is 0.374 e. The van der Waals surface area contributed by atoms with E-state index in [0.717, 1.165) is 38.2 Å². The molecule has 0 aromatic rings. The molecule has 0 aliphatic carbocycles. The standard InChI is InChI=1S/C15H29N3O/c1-12(2)15-10-17(7-5-16-15)8-14-9-18-6-3-4-13(18)11-19-14/h12-16H,3-11H2,1-2H3. The SMILES string of the molecule is CC(C)C1CN(CC2CN3CCCC3CO2)CCN1. The van der Waals surface area contributed by atoms with Gasteiger partial charge in [0.05, 0.1) is 12.7 Å². The Morgan fingerprint density at radius 3 is 3.00 bits per heavy atom. The van der Waals surface area contributed by atoms with E-state index in [1.165, 1.54) is 32.5 Å². The molecular formula is C15H29N3O. The molecule has 0 bridgehead atoms. The van der Waals surface area contributed by atoms with E-state index < -0.39 is 0 Å². The van der Waals surface area contributed by atoms with Crippen molar-refractivity contribution in [3.63, 3.8) is 0 Å². The van der Waals surface area contributed by atoms with Gasteiger partial charge in [0.1, 0.15) is 0 Å². The normalized spacial score (nSPS) is 37.7. The lowest BCUT2D eigenvalue weighted by atomic mass is 10.0. The molecule has 110 valence electrons. The number of piperazine rings is 1. The van der Waals surface area contributed by atoms with Gasteiger partial charge in [-0.05, 0) is 25.3 Å². The lowest BCUT2D eigenvalue weighted by molar-refractivity contribution is -0.0638. The van der Waals surface area contributed by atoms with Crippen molar-refractivity contribution in [3.8, 4) is 0 Å². The second-order valence-corrected chi connectivity index (χ2v) is 6.81. The van der Waals surface area contributed by atoms with Crippen LogP contribution in [0.25, 0.3) is 0 Å². The molecule has 3 atom stereocenters. The highest BCUT2D eigenvalue weighted by Gasteiger charge is 2.33. The number of rotatable bonds is 3. The Morgan fingerprint density at radius 2 is 2.16 bits per heavy atom. The van der Waals surface area contributed by atoms with Crippen molar-refractivity contribution < 1.29 is 4.74 Å². The minimum absolute atomic E-state index is 0.431. The van der Waals surface area contributed by atoms with E-state index in [1.807, 2.05) is 0 Å². The van der Waals surface area contributed by atoms with Crippen LogP contribution in [0.15, 0.2) is 0 Å². The molecule has 4 heteroatoms. The van der Waals surface area contributed by atoms with Crippen molar-refractivity contribution in [2.75, 3.05) is 45.9 Å². The Bertz CT molecular complexity index is 293. The molecule has 0 amide bonds. The van der Waals surface area contributed by atoms with Crippen LogP contribution in [-0.2, 0) is 4.74 Å². The first-order valence-electron chi connectivity index (χ1n) is 8.04. The summed E-state index contributed by atoms with van der Waals surface area (Å²) in [6.07, 6.45) is 3.14. The molecule has 3 rings (SSSR count). The topological polar surface area (TPSA) is 27.7 Å². The first kappa shape index (κ1) is 13.8. The minimum atomic E-state index is 0.431. The molecule has 4 nitrogen and oxygen atoms in total. The third kappa shape index (κ3) is 3.30. The molecule has 3 unspecified atom stereocenters. The lowest BCUT2D eigenvalue weighted by Gasteiger charge is -2.40. The molecule has 0 saturated carbocycles. The van der Waals surface area contributed by atoms with Crippen molar-refractivity contribution in [1.29, 1.82) is 0 Å². The minimum Gasteiger partial charge on any atom is -0.374 e.